The summed E-state index contributed by atoms with van der Waals surface area (Å²) in [6, 6.07) is 14.5. The highest BCUT2D eigenvalue weighted by atomic mass is 32.2. The topological polar surface area (TPSA) is 126 Å². The highest BCUT2D eigenvalue weighted by molar-refractivity contribution is 7.89. The molecule has 0 aliphatic carbocycles. The van der Waals surface area contributed by atoms with E-state index in [9.17, 15) is 8.42 Å². The van der Waals surface area contributed by atoms with Crippen molar-refractivity contribution in [2.45, 2.75) is 11.4 Å². The van der Waals surface area contributed by atoms with Gasteiger partial charge in [-0.1, -0.05) is 24.3 Å². The largest absolute Gasteiger partial charge is 0.345 e. The SMILES string of the molecule is CNS(=O)(=O)c1cccc(Nc2ncnc3[nH]cc(-c4cccc(CN)c4)c23)c1. The number of hydrogen-bond donors (Lipinski definition) is 4. The van der Waals surface area contributed by atoms with Gasteiger partial charge in [0.25, 0.3) is 0 Å². The number of nitrogens with one attached hydrogen (secondary N) is 3. The fourth-order valence-electron chi connectivity index (χ4n) is 3.15. The zero-order valence-corrected chi connectivity index (χ0v) is 16.5. The number of fused-ring (bicyclic) bond motifs is 1. The number of aromatic nitrogens is 3. The smallest absolute Gasteiger partial charge is 0.240 e. The minimum absolute atomic E-state index is 0.167. The third-order valence-electron chi connectivity index (χ3n) is 4.62. The lowest BCUT2D eigenvalue weighted by atomic mass is 10.0. The molecule has 8 nitrogen and oxygen atoms in total. The van der Waals surface area contributed by atoms with Crippen LogP contribution in [0.15, 0.2) is 66.0 Å². The van der Waals surface area contributed by atoms with Crippen LogP contribution in [0.1, 0.15) is 5.56 Å². The number of hydrogen-bond acceptors (Lipinski definition) is 6. The monoisotopic (exact) mass is 408 g/mol. The van der Waals surface area contributed by atoms with Crippen molar-refractivity contribution in [1.82, 2.24) is 19.7 Å². The second kappa shape index (κ2) is 7.63. The molecule has 2 aromatic carbocycles. The van der Waals surface area contributed by atoms with Gasteiger partial charge in [0, 0.05) is 24.0 Å². The average Bonchev–Trinajstić information content (AvgIpc) is 3.19. The van der Waals surface area contributed by atoms with E-state index >= 15 is 0 Å². The first-order valence-corrected chi connectivity index (χ1v) is 10.4. The highest BCUT2D eigenvalue weighted by Crippen LogP contribution is 2.33. The molecule has 2 heterocycles. The Balaban J connectivity index is 1.80. The lowest BCUT2D eigenvalue weighted by molar-refractivity contribution is 0.588. The summed E-state index contributed by atoms with van der Waals surface area (Å²) in [5.41, 5.74) is 9.99. The number of nitrogens with two attached hydrogens (primary N) is 1. The Morgan fingerprint density at radius 1 is 1.10 bits per heavy atom. The molecule has 0 bridgehead atoms. The van der Waals surface area contributed by atoms with Crippen LogP contribution < -0.4 is 15.8 Å². The maximum atomic E-state index is 12.1. The Kier molecular flexibility index (Phi) is 5.01. The van der Waals surface area contributed by atoms with Crippen LogP contribution in [0.3, 0.4) is 0 Å². The molecule has 0 saturated carbocycles. The molecule has 0 spiro atoms. The van der Waals surface area contributed by atoms with Gasteiger partial charge in [-0.25, -0.2) is 23.1 Å². The second-order valence-electron chi connectivity index (χ2n) is 6.41. The quantitative estimate of drug-likeness (QED) is 0.389. The van der Waals surface area contributed by atoms with E-state index in [-0.39, 0.29) is 4.90 Å². The molecule has 9 heteroatoms. The van der Waals surface area contributed by atoms with Crippen LogP contribution in [-0.2, 0) is 16.6 Å². The molecular formula is C20H20N6O2S. The molecule has 2 aromatic heterocycles. The Morgan fingerprint density at radius 2 is 1.93 bits per heavy atom. The van der Waals surface area contributed by atoms with Crippen LogP contribution in [0.5, 0.6) is 0 Å². The van der Waals surface area contributed by atoms with Crippen LogP contribution in [0.25, 0.3) is 22.2 Å². The molecule has 4 aromatic rings. The van der Waals surface area contributed by atoms with Crippen molar-refractivity contribution in [2.75, 3.05) is 12.4 Å². The molecule has 0 aliphatic rings. The van der Waals surface area contributed by atoms with Gasteiger partial charge in [0.1, 0.15) is 17.8 Å². The van der Waals surface area contributed by atoms with Crippen molar-refractivity contribution < 1.29 is 8.42 Å². The van der Waals surface area contributed by atoms with Gasteiger partial charge in [-0.05, 0) is 42.4 Å². The minimum Gasteiger partial charge on any atom is -0.345 e. The molecular weight excluding hydrogens is 388 g/mol. The summed E-state index contributed by atoms with van der Waals surface area (Å²) in [6.45, 7) is 0.449. The summed E-state index contributed by atoms with van der Waals surface area (Å²) in [4.78, 5) is 12.0. The van der Waals surface area contributed by atoms with Gasteiger partial charge in [-0.2, -0.15) is 0 Å². The van der Waals surface area contributed by atoms with Gasteiger partial charge in [-0.15, -0.1) is 0 Å². The normalized spacial score (nSPS) is 11.7. The van der Waals surface area contributed by atoms with E-state index in [4.69, 9.17) is 5.73 Å². The summed E-state index contributed by atoms with van der Waals surface area (Å²) >= 11 is 0. The van der Waals surface area contributed by atoms with Crippen LogP contribution in [0.4, 0.5) is 11.5 Å². The second-order valence-corrected chi connectivity index (χ2v) is 8.30. The minimum atomic E-state index is -3.54. The summed E-state index contributed by atoms with van der Waals surface area (Å²) in [5, 5.41) is 4.03. The van der Waals surface area contributed by atoms with Crippen molar-refractivity contribution in [3.8, 4) is 11.1 Å². The number of nitrogens with zero attached hydrogens (tertiary/aromatic N) is 2. The maximum Gasteiger partial charge on any atom is 0.240 e. The summed E-state index contributed by atoms with van der Waals surface area (Å²) in [5.74, 6) is 0.573. The fourth-order valence-corrected chi connectivity index (χ4v) is 3.92. The van der Waals surface area contributed by atoms with Gasteiger partial charge < -0.3 is 16.0 Å². The Morgan fingerprint density at radius 3 is 2.72 bits per heavy atom. The van der Waals surface area contributed by atoms with Crippen LogP contribution in [-0.4, -0.2) is 30.4 Å². The lowest BCUT2D eigenvalue weighted by Crippen LogP contribution is -2.18. The van der Waals surface area contributed by atoms with Crippen LogP contribution in [0.2, 0.25) is 0 Å². The number of rotatable bonds is 6. The van der Waals surface area contributed by atoms with E-state index in [2.05, 4.69) is 25.0 Å². The molecule has 29 heavy (non-hydrogen) atoms. The highest BCUT2D eigenvalue weighted by Gasteiger charge is 2.15. The fraction of sp³-hybridized carbons (Fsp3) is 0.100. The first-order chi connectivity index (χ1) is 14.0. The zero-order chi connectivity index (χ0) is 20.4. The summed E-state index contributed by atoms with van der Waals surface area (Å²) < 4.78 is 26.5. The first-order valence-electron chi connectivity index (χ1n) is 8.94. The Hall–Kier alpha value is -3.27. The molecule has 0 atom stereocenters. The van der Waals surface area contributed by atoms with E-state index < -0.39 is 10.0 Å². The summed E-state index contributed by atoms with van der Waals surface area (Å²) in [6.07, 6.45) is 3.33. The number of H-pyrrole nitrogens is 1. The number of benzene rings is 2. The molecule has 5 N–H and O–H groups in total. The first kappa shape index (κ1) is 19.1. The van der Waals surface area contributed by atoms with Crippen LogP contribution >= 0.6 is 0 Å². The van der Waals surface area contributed by atoms with Gasteiger partial charge >= 0.3 is 0 Å². The molecule has 0 fully saturated rings. The maximum absolute atomic E-state index is 12.1. The van der Waals surface area contributed by atoms with Crippen molar-refractivity contribution in [2.24, 2.45) is 5.73 Å². The number of anilines is 2. The number of aromatic amines is 1. The predicted molar refractivity (Wildman–Crippen MR) is 113 cm³/mol. The molecule has 4 rings (SSSR count). The van der Waals surface area contributed by atoms with E-state index in [1.165, 1.54) is 19.4 Å². The van der Waals surface area contributed by atoms with E-state index in [1.807, 2.05) is 30.5 Å². The van der Waals surface area contributed by atoms with Gasteiger partial charge in [0.2, 0.25) is 10.0 Å². The van der Waals surface area contributed by atoms with Crippen molar-refractivity contribution in [1.29, 1.82) is 0 Å². The van der Waals surface area contributed by atoms with Gasteiger partial charge in [-0.3, -0.25) is 0 Å². The van der Waals surface area contributed by atoms with E-state index in [0.29, 0.717) is 23.7 Å². The van der Waals surface area contributed by atoms with E-state index in [0.717, 1.165) is 22.1 Å². The molecule has 148 valence electrons. The summed E-state index contributed by atoms with van der Waals surface area (Å²) in [7, 11) is -2.16. The van der Waals surface area contributed by atoms with Gasteiger partial charge in [0.15, 0.2) is 0 Å². The molecule has 0 amide bonds. The van der Waals surface area contributed by atoms with E-state index in [1.54, 1.807) is 18.2 Å². The van der Waals surface area contributed by atoms with Crippen molar-refractivity contribution in [3.05, 3.63) is 66.6 Å². The Bertz CT molecular complexity index is 1280. The molecule has 0 unspecified atom stereocenters. The Labute approximate surface area is 168 Å². The third kappa shape index (κ3) is 3.70. The molecule has 0 radical (unpaired) electrons. The number of sulfonamides is 1. The van der Waals surface area contributed by atoms with Crippen molar-refractivity contribution >= 4 is 32.6 Å². The predicted octanol–water partition coefficient (Wildman–Crippen LogP) is 2.74. The standard InChI is InChI=1S/C20H20N6O2S/c1-22-29(27,28)16-7-3-6-15(9-16)26-20-18-17(11-23-19(18)24-12-25-20)14-5-2-4-13(8-14)10-21/h2-9,11-12,22H,10,21H2,1H3,(H2,23,24,25,26). The average molecular weight is 408 g/mol. The zero-order valence-electron chi connectivity index (χ0n) is 15.7. The van der Waals surface area contributed by atoms with Gasteiger partial charge in [0.05, 0.1) is 10.3 Å². The van der Waals surface area contributed by atoms with Crippen molar-refractivity contribution in [3.63, 3.8) is 0 Å². The molecule has 0 aliphatic heterocycles. The molecule has 0 saturated heterocycles. The third-order valence-corrected chi connectivity index (χ3v) is 6.03. The lowest BCUT2D eigenvalue weighted by Gasteiger charge is -2.10. The van der Waals surface area contributed by atoms with Crippen LogP contribution in [0, 0.1) is 0 Å².